The number of unbranched alkanes of at least 4 members (excludes halogenated alkanes) is 21. The van der Waals surface area contributed by atoms with Crippen molar-refractivity contribution in [2.75, 3.05) is 0 Å². The lowest BCUT2D eigenvalue weighted by Gasteiger charge is -2.10. The zero-order valence-electron chi connectivity index (χ0n) is 38.4. The summed E-state index contributed by atoms with van der Waals surface area (Å²) in [6, 6.07) is 0. The fourth-order valence-corrected chi connectivity index (χ4v) is 6.78. The Morgan fingerprint density at radius 2 is 0.508 bits per heavy atom. The molecule has 0 bridgehead atoms. The van der Waals surface area contributed by atoms with Crippen LogP contribution in [0.15, 0.2) is 146 Å². The maximum absolute atomic E-state index is 12.6. The molecule has 0 heterocycles. The Hall–Kier alpha value is -4.18. The summed E-state index contributed by atoms with van der Waals surface area (Å²) in [5.41, 5.74) is 0. The Labute approximate surface area is 377 Å². The number of hydrogen-bond donors (Lipinski definition) is 0. The van der Waals surface area contributed by atoms with E-state index in [1.807, 2.05) is 54.7 Å². The lowest BCUT2D eigenvalue weighted by Crippen LogP contribution is -2.33. The molecule has 336 valence electrons. The highest BCUT2D eigenvalue weighted by atomic mass is 27.3. The first-order valence-electron chi connectivity index (χ1n) is 23.6. The van der Waals surface area contributed by atoms with Gasteiger partial charge in [0.25, 0.3) is 17.9 Å². The van der Waals surface area contributed by atoms with Crippen LogP contribution in [-0.4, -0.2) is 33.1 Å². The molecule has 0 aliphatic rings. The highest BCUT2D eigenvalue weighted by Crippen LogP contribution is 2.11. The first kappa shape index (κ1) is 56.8. The summed E-state index contributed by atoms with van der Waals surface area (Å²) in [6.45, 7) is 6.72. The van der Waals surface area contributed by atoms with E-state index in [4.69, 9.17) is 11.4 Å². The van der Waals surface area contributed by atoms with E-state index in [1.54, 1.807) is 36.5 Å². The molecule has 0 N–H and O–H groups in total. The molecule has 0 radical (unpaired) electrons. The van der Waals surface area contributed by atoms with Gasteiger partial charge < -0.3 is 11.4 Å². The maximum Gasteiger partial charge on any atom is 1.20 e. The van der Waals surface area contributed by atoms with E-state index in [9.17, 15) is 14.4 Å². The van der Waals surface area contributed by atoms with Crippen LogP contribution in [0.25, 0.3) is 0 Å². The minimum absolute atomic E-state index is 0.788. The molecule has 0 rings (SSSR count). The molecule has 6 nitrogen and oxygen atoms in total. The Morgan fingerprint density at radius 1 is 0.295 bits per heavy atom. The third-order valence-corrected chi connectivity index (χ3v) is 10.6. The van der Waals surface area contributed by atoms with Gasteiger partial charge in [0, 0.05) is 18.2 Å². The van der Waals surface area contributed by atoms with Gasteiger partial charge in [0.2, 0.25) is 0 Å². The van der Waals surface area contributed by atoms with Crippen LogP contribution in [0.4, 0.5) is 0 Å². The van der Waals surface area contributed by atoms with Crippen LogP contribution in [0.1, 0.15) is 175 Å². The summed E-state index contributed by atoms with van der Waals surface area (Å²) >= 11 is -3.54. The number of hydrogen-bond acceptors (Lipinski definition) is 6. The van der Waals surface area contributed by atoms with E-state index >= 15 is 0 Å². The van der Waals surface area contributed by atoms with E-state index < -0.39 is 33.1 Å². The van der Waals surface area contributed by atoms with Crippen LogP contribution in [0, 0.1) is 0 Å². The van der Waals surface area contributed by atoms with E-state index in [-0.39, 0.29) is 0 Å². The van der Waals surface area contributed by atoms with Crippen molar-refractivity contribution in [2.24, 2.45) is 0 Å². The van der Waals surface area contributed by atoms with E-state index in [1.165, 1.54) is 171 Å². The van der Waals surface area contributed by atoms with E-state index in [2.05, 4.69) is 39.0 Å². The van der Waals surface area contributed by atoms with E-state index in [0.717, 1.165) is 19.3 Å². The van der Waals surface area contributed by atoms with Gasteiger partial charge in [-0.2, -0.15) is 0 Å². The van der Waals surface area contributed by atoms with Gasteiger partial charge in [-0.1, -0.05) is 264 Å². The molecule has 0 aliphatic heterocycles. The molecule has 7 heteroatoms. The van der Waals surface area contributed by atoms with Crippen LogP contribution in [0.5, 0.6) is 0 Å². The summed E-state index contributed by atoms with van der Waals surface area (Å²) in [5.74, 6) is -2.37. The van der Waals surface area contributed by atoms with Gasteiger partial charge in [0.05, 0.1) is 0 Å². The molecular formula is C54H81AlO6. The highest BCUT2D eigenvalue weighted by molar-refractivity contribution is 6.45. The van der Waals surface area contributed by atoms with Gasteiger partial charge in [-0.3, -0.25) is 14.4 Å². The van der Waals surface area contributed by atoms with Crippen molar-refractivity contribution in [1.29, 1.82) is 0 Å². The van der Waals surface area contributed by atoms with Crippen molar-refractivity contribution in [3.05, 3.63) is 146 Å². The average Bonchev–Trinajstić information content (AvgIpc) is 3.25. The molecule has 61 heavy (non-hydrogen) atoms. The Kier molecular flexibility index (Phi) is 45.2. The van der Waals surface area contributed by atoms with Gasteiger partial charge in [0.1, 0.15) is 0 Å². The quantitative estimate of drug-likeness (QED) is 0.0265. The molecule has 0 aromatic heterocycles. The lowest BCUT2D eigenvalue weighted by molar-refractivity contribution is -0.141. The molecule has 0 aromatic carbocycles. The van der Waals surface area contributed by atoms with Crippen molar-refractivity contribution in [2.45, 2.75) is 175 Å². The molecule has 0 amide bonds. The minimum atomic E-state index is -3.54. The second kappa shape index (κ2) is 48.5. The zero-order valence-corrected chi connectivity index (χ0v) is 39.5. The largest absolute Gasteiger partial charge is 1.20 e. The Balaban J connectivity index is 5.00. The van der Waals surface area contributed by atoms with Crippen molar-refractivity contribution in [3.63, 3.8) is 0 Å². The minimum Gasteiger partial charge on any atom is -0.547 e. The molecule has 0 saturated carbocycles. The summed E-state index contributed by atoms with van der Waals surface area (Å²) in [5, 5.41) is 0. The van der Waals surface area contributed by atoms with E-state index in [0.29, 0.717) is 0 Å². The van der Waals surface area contributed by atoms with Gasteiger partial charge in [-0.15, -0.1) is 0 Å². The van der Waals surface area contributed by atoms with Gasteiger partial charge in [-0.25, -0.2) is 0 Å². The van der Waals surface area contributed by atoms with Crippen LogP contribution in [-0.2, 0) is 25.7 Å². The standard InChI is InChI=1S/3C18H28O2.Al/c3*1-2-3-4-5-6-7-8-9-10-11-12-13-14-15-16-17-18(19)20;/h3*10-17H,2-9H2,1H3,(H,19,20);/q;;;+3/p-3. The number of allylic oxidation sites excluding steroid dienone is 21. The third kappa shape index (κ3) is 46.7. The summed E-state index contributed by atoms with van der Waals surface area (Å²) in [6.07, 6.45) is 72.9. The van der Waals surface area contributed by atoms with Crippen LogP contribution >= 0.6 is 0 Å². The second-order valence-corrected chi connectivity index (χ2v) is 16.3. The maximum atomic E-state index is 12.6. The molecule has 0 fully saturated rings. The predicted octanol–water partition coefficient (Wildman–Crippen LogP) is 15.7. The van der Waals surface area contributed by atoms with Crippen molar-refractivity contribution < 1.29 is 25.7 Å². The lowest BCUT2D eigenvalue weighted by atomic mass is 10.1. The fourth-order valence-electron chi connectivity index (χ4n) is 5.83. The SMILES string of the molecule is CCCCCCCCCC=CC=CC=CC=CC(=O)[O][Al]([O]C(=O)C=CC=CC=CC=CCCCCCCCCC)[O]C(=O)C=CC=CC=CC=CCCCCCCCCC. The molecule has 0 aromatic rings. The van der Waals surface area contributed by atoms with Crippen LogP contribution < -0.4 is 0 Å². The smallest absolute Gasteiger partial charge is 0.547 e. The molecule has 0 saturated heterocycles. The number of rotatable bonds is 39. The first-order chi connectivity index (χ1) is 30.0. The number of carbonyl (C=O) groups is 3. The fraction of sp³-hybridized carbons (Fsp3) is 0.500. The third-order valence-electron chi connectivity index (χ3n) is 9.33. The summed E-state index contributed by atoms with van der Waals surface area (Å²) < 4.78 is 15.9. The molecular weight excluding hydrogens is 772 g/mol. The second-order valence-electron chi connectivity index (χ2n) is 15.0. The van der Waals surface area contributed by atoms with Gasteiger partial charge in [-0.05, 0) is 38.5 Å². The van der Waals surface area contributed by atoms with Crippen molar-refractivity contribution in [1.82, 2.24) is 0 Å². The van der Waals surface area contributed by atoms with Crippen LogP contribution in [0.3, 0.4) is 0 Å². The predicted molar refractivity (Wildman–Crippen MR) is 262 cm³/mol. The highest BCUT2D eigenvalue weighted by Gasteiger charge is 2.48. The van der Waals surface area contributed by atoms with Crippen LogP contribution in [0.2, 0.25) is 0 Å². The summed E-state index contributed by atoms with van der Waals surface area (Å²) in [7, 11) is 0. The van der Waals surface area contributed by atoms with Crippen molar-refractivity contribution in [3.8, 4) is 0 Å². The normalized spacial score (nSPS) is 12.8. The zero-order chi connectivity index (χ0) is 44.4. The Bertz CT molecular complexity index is 1260. The Morgan fingerprint density at radius 3 is 0.770 bits per heavy atom. The molecule has 0 aliphatic carbocycles. The molecule has 0 unspecified atom stereocenters. The summed E-state index contributed by atoms with van der Waals surface area (Å²) in [4.78, 5) is 37.7. The van der Waals surface area contributed by atoms with Gasteiger partial charge in [0.15, 0.2) is 0 Å². The number of carbonyl (C=O) groups excluding carboxylic acids is 3. The molecule has 0 atom stereocenters. The van der Waals surface area contributed by atoms with Gasteiger partial charge >= 0.3 is 15.1 Å². The van der Waals surface area contributed by atoms with Crippen molar-refractivity contribution >= 4 is 33.1 Å². The topological polar surface area (TPSA) is 78.9 Å². The average molecular weight is 853 g/mol. The monoisotopic (exact) mass is 853 g/mol. The molecule has 0 spiro atoms. The first-order valence-corrected chi connectivity index (χ1v) is 25.1.